The lowest BCUT2D eigenvalue weighted by molar-refractivity contribution is 0.0947. The Hall–Kier alpha value is -2.65. The molecule has 0 bridgehead atoms. The Morgan fingerprint density at radius 3 is 2.59 bits per heavy atom. The summed E-state index contributed by atoms with van der Waals surface area (Å²) in [6.45, 7) is 3.72. The Morgan fingerprint density at radius 1 is 1.16 bits per heavy atom. The van der Waals surface area contributed by atoms with E-state index in [4.69, 9.17) is 9.47 Å². The summed E-state index contributed by atoms with van der Waals surface area (Å²) in [4.78, 5) is 17.3. The van der Waals surface area contributed by atoms with Gasteiger partial charge >= 0.3 is 0 Å². The van der Waals surface area contributed by atoms with Gasteiger partial charge in [0.05, 0.1) is 24.2 Å². The van der Waals surface area contributed by atoms with Crippen LogP contribution in [0.15, 0.2) is 41.4 Å². The number of rotatable bonds is 9. The normalized spacial score (nSPS) is 15.1. The third-order valence-corrected chi connectivity index (χ3v) is 7.25. The largest absolute Gasteiger partial charge is 0.496 e. The van der Waals surface area contributed by atoms with Gasteiger partial charge in [-0.2, -0.15) is 4.31 Å². The van der Waals surface area contributed by atoms with Crippen LogP contribution in [-0.2, 0) is 16.6 Å². The quantitative estimate of drug-likeness (QED) is 0.615. The van der Waals surface area contributed by atoms with E-state index in [1.54, 1.807) is 12.3 Å². The van der Waals surface area contributed by atoms with Crippen molar-refractivity contribution < 1.29 is 22.7 Å². The van der Waals surface area contributed by atoms with Gasteiger partial charge in [-0.25, -0.2) is 13.4 Å². The van der Waals surface area contributed by atoms with E-state index in [0.717, 1.165) is 37.7 Å². The summed E-state index contributed by atoms with van der Waals surface area (Å²) in [5.74, 6) is 0.352. The Labute approximate surface area is 190 Å². The first-order valence-electron chi connectivity index (χ1n) is 11.0. The number of carbonyl (C=O) groups is 1. The molecule has 1 aromatic carbocycles. The summed E-state index contributed by atoms with van der Waals surface area (Å²) in [6, 6.07) is 8.02. The van der Waals surface area contributed by atoms with Crippen LogP contribution in [0.1, 0.15) is 54.9 Å². The molecule has 0 aliphatic carbocycles. The molecule has 0 spiro atoms. The number of aromatic nitrogens is 1. The maximum absolute atomic E-state index is 13.2. The smallest absolute Gasteiger partial charge is 0.255 e. The van der Waals surface area contributed by atoms with Crippen molar-refractivity contribution in [1.29, 1.82) is 0 Å². The van der Waals surface area contributed by atoms with Crippen molar-refractivity contribution >= 4 is 15.9 Å². The number of ether oxygens (including phenoxy) is 2. The standard InChI is InChI=1S/C23H31N3O5S/c1-3-15-31-23-18(9-8-12-24-23)17-25-22(27)20-16-19(10-11-21(20)30-2)32(28,29)26-13-6-4-5-7-14-26/h8-12,16H,3-7,13-15,17H2,1-2H3,(H,25,27). The molecule has 2 heterocycles. The topological polar surface area (TPSA) is 97.8 Å². The fourth-order valence-corrected chi connectivity index (χ4v) is 5.16. The number of benzene rings is 1. The Kier molecular flexibility index (Phi) is 8.46. The summed E-state index contributed by atoms with van der Waals surface area (Å²) in [7, 11) is -2.23. The molecule has 1 aliphatic rings. The number of hydrogen-bond donors (Lipinski definition) is 1. The van der Waals surface area contributed by atoms with Crippen molar-refractivity contribution in [3.8, 4) is 11.6 Å². The number of amides is 1. The number of methoxy groups -OCH3 is 1. The van der Waals surface area contributed by atoms with Crippen molar-refractivity contribution in [1.82, 2.24) is 14.6 Å². The summed E-state index contributed by atoms with van der Waals surface area (Å²) in [6.07, 6.45) is 6.22. The third kappa shape index (κ3) is 5.77. The van der Waals surface area contributed by atoms with Crippen LogP contribution in [0.4, 0.5) is 0 Å². The molecule has 8 nitrogen and oxygen atoms in total. The molecule has 0 saturated carbocycles. The zero-order valence-corrected chi connectivity index (χ0v) is 19.5. The van der Waals surface area contributed by atoms with Crippen molar-refractivity contribution in [2.45, 2.75) is 50.5 Å². The molecule has 1 aromatic heterocycles. The minimum absolute atomic E-state index is 0.0960. The predicted octanol–water partition coefficient (Wildman–Crippen LogP) is 3.37. The molecule has 0 radical (unpaired) electrons. The minimum atomic E-state index is -3.68. The molecule has 3 rings (SSSR count). The SMILES string of the molecule is CCCOc1ncccc1CNC(=O)c1cc(S(=O)(=O)N2CCCCCC2)ccc1OC. The second kappa shape index (κ2) is 11.3. The zero-order valence-electron chi connectivity index (χ0n) is 18.7. The number of carbonyl (C=O) groups excluding carboxylic acids is 1. The highest BCUT2D eigenvalue weighted by Crippen LogP contribution is 2.26. The lowest BCUT2D eigenvalue weighted by atomic mass is 10.1. The van der Waals surface area contributed by atoms with Crippen molar-refractivity contribution in [3.05, 3.63) is 47.7 Å². The fraction of sp³-hybridized carbons (Fsp3) is 0.478. The maximum Gasteiger partial charge on any atom is 0.255 e. The van der Waals surface area contributed by atoms with Gasteiger partial charge in [-0.1, -0.05) is 25.8 Å². The second-order valence-corrected chi connectivity index (χ2v) is 9.62. The number of nitrogens with zero attached hydrogens (tertiary/aromatic N) is 2. The van der Waals surface area contributed by atoms with E-state index in [1.165, 1.54) is 29.6 Å². The molecule has 0 atom stereocenters. The molecular weight excluding hydrogens is 430 g/mol. The first kappa shape index (κ1) is 24.0. The van der Waals surface area contributed by atoms with Gasteiger partial charge in [0.2, 0.25) is 15.9 Å². The van der Waals surface area contributed by atoms with E-state index in [-0.39, 0.29) is 17.0 Å². The second-order valence-electron chi connectivity index (χ2n) is 7.68. The lowest BCUT2D eigenvalue weighted by Crippen LogP contribution is -2.32. The lowest BCUT2D eigenvalue weighted by Gasteiger charge is -2.20. The molecule has 9 heteroatoms. The van der Waals surface area contributed by atoms with E-state index in [2.05, 4.69) is 10.3 Å². The van der Waals surface area contributed by atoms with Crippen LogP contribution in [0, 0.1) is 0 Å². The summed E-state index contributed by atoms with van der Waals surface area (Å²) in [5.41, 5.74) is 0.907. The van der Waals surface area contributed by atoms with E-state index in [9.17, 15) is 13.2 Å². The van der Waals surface area contributed by atoms with Gasteiger partial charge in [-0.05, 0) is 43.5 Å². The van der Waals surface area contributed by atoms with Crippen LogP contribution in [0.25, 0.3) is 0 Å². The Balaban J connectivity index is 1.80. The van der Waals surface area contributed by atoms with Gasteiger partial charge in [0.15, 0.2) is 0 Å². The Bertz CT molecular complexity index is 1020. The van der Waals surface area contributed by atoms with E-state index < -0.39 is 15.9 Å². The molecule has 1 fully saturated rings. The van der Waals surface area contributed by atoms with Gasteiger partial charge in [-0.15, -0.1) is 0 Å². The molecular formula is C23H31N3O5S. The molecule has 32 heavy (non-hydrogen) atoms. The highest BCUT2D eigenvalue weighted by molar-refractivity contribution is 7.89. The number of hydrogen-bond acceptors (Lipinski definition) is 6. The van der Waals surface area contributed by atoms with Crippen molar-refractivity contribution in [2.24, 2.45) is 0 Å². The molecule has 1 N–H and O–H groups in total. The van der Waals surface area contributed by atoms with Crippen LogP contribution < -0.4 is 14.8 Å². The summed E-state index contributed by atoms with van der Waals surface area (Å²) >= 11 is 0. The van der Waals surface area contributed by atoms with E-state index >= 15 is 0 Å². The van der Waals surface area contributed by atoms with Gasteiger partial charge < -0.3 is 14.8 Å². The highest BCUT2D eigenvalue weighted by atomic mass is 32.2. The average molecular weight is 462 g/mol. The number of nitrogens with one attached hydrogen (secondary N) is 1. The first-order chi connectivity index (χ1) is 15.5. The summed E-state index contributed by atoms with van der Waals surface area (Å²) in [5, 5.41) is 2.83. The Morgan fingerprint density at radius 2 is 1.91 bits per heavy atom. The fourth-order valence-electron chi connectivity index (χ4n) is 3.61. The van der Waals surface area contributed by atoms with Gasteiger partial charge in [-0.3, -0.25) is 4.79 Å². The number of sulfonamides is 1. The minimum Gasteiger partial charge on any atom is -0.496 e. The monoisotopic (exact) mass is 461 g/mol. The number of pyridine rings is 1. The average Bonchev–Trinajstić information content (AvgIpc) is 3.11. The summed E-state index contributed by atoms with van der Waals surface area (Å²) < 4.78 is 38.8. The molecule has 2 aromatic rings. The maximum atomic E-state index is 13.2. The van der Waals surface area contributed by atoms with Crippen LogP contribution in [-0.4, -0.2) is 50.4 Å². The van der Waals surface area contributed by atoms with Gasteiger partial charge in [0.25, 0.3) is 5.91 Å². The molecule has 1 saturated heterocycles. The molecule has 1 aliphatic heterocycles. The van der Waals surface area contributed by atoms with Crippen LogP contribution in [0.5, 0.6) is 11.6 Å². The molecule has 174 valence electrons. The van der Waals surface area contributed by atoms with Crippen molar-refractivity contribution in [3.63, 3.8) is 0 Å². The third-order valence-electron chi connectivity index (χ3n) is 5.35. The first-order valence-corrected chi connectivity index (χ1v) is 12.4. The zero-order chi connectivity index (χ0) is 23.0. The van der Waals surface area contributed by atoms with E-state index in [1.807, 2.05) is 13.0 Å². The van der Waals surface area contributed by atoms with E-state index in [0.29, 0.717) is 31.3 Å². The van der Waals surface area contributed by atoms with Gasteiger partial charge in [0, 0.05) is 31.4 Å². The van der Waals surface area contributed by atoms with Crippen molar-refractivity contribution in [2.75, 3.05) is 26.8 Å². The molecule has 0 unspecified atom stereocenters. The van der Waals surface area contributed by atoms with Crippen LogP contribution in [0.3, 0.4) is 0 Å². The van der Waals surface area contributed by atoms with Gasteiger partial charge in [0.1, 0.15) is 5.75 Å². The van der Waals surface area contributed by atoms with Crippen LogP contribution >= 0.6 is 0 Å². The van der Waals surface area contributed by atoms with Crippen LogP contribution in [0.2, 0.25) is 0 Å². The molecule has 1 amide bonds. The highest BCUT2D eigenvalue weighted by Gasteiger charge is 2.27. The predicted molar refractivity (Wildman–Crippen MR) is 121 cm³/mol.